The van der Waals surface area contributed by atoms with Gasteiger partial charge in [0.1, 0.15) is 0 Å². The number of hydrogen-bond acceptors (Lipinski definition) is 5. The van der Waals surface area contributed by atoms with Crippen molar-refractivity contribution in [2.45, 2.75) is 38.8 Å². The predicted octanol–water partition coefficient (Wildman–Crippen LogP) is -0.600. The Morgan fingerprint density at radius 2 is 2.24 bits per heavy atom. The van der Waals surface area contributed by atoms with Crippen molar-refractivity contribution in [1.82, 2.24) is 5.32 Å². The summed E-state index contributed by atoms with van der Waals surface area (Å²) in [5, 5.41) is 12.1. The topological polar surface area (TPSA) is 102 Å². The van der Waals surface area contributed by atoms with Crippen LogP contribution in [0.25, 0.3) is 0 Å². The molecular formula is C11H22N2O4. The SMILES string of the molecule is CC.COC(=O)C(O)C(N)CC1CCNC1=O. The first-order chi connectivity index (χ1) is 8.06. The van der Waals surface area contributed by atoms with Crippen molar-refractivity contribution >= 4 is 11.9 Å². The maximum Gasteiger partial charge on any atom is 0.336 e. The molecule has 0 aromatic carbocycles. The Morgan fingerprint density at radius 3 is 2.65 bits per heavy atom. The zero-order chi connectivity index (χ0) is 13.4. The van der Waals surface area contributed by atoms with Crippen molar-refractivity contribution in [3.8, 4) is 0 Å². The molecule has 6 nitrogen and oxygen atoms in total. The minimum absolute atomic E-state index is 0.0671. The Bertz CT molecular complexity index is 258. The predicted molar refractivity (Wildman–Crippen MR) is 63.1 cm³/mol. The Kier molecular flexibility index (Phi) is 7.49. The van der Waals surface area contributed by atoms with Gasteiger partial charge in [0.2, 0.25) is 5.91 Å². The molecule has 1 aliphatic rings. The van der Waals surface area contributed by atoms with Crippen molar-refractivity contribution in [3.05, 3.63) is 0 Å². The van der Waals surface area contributed by atoms with Crippen LogP contribution in [0.4, 0.5) is 0 Å². The number of carbonyl (C=O) groups excluding carboxylic acids is 2. The Balaban J connectivity index is 0.00000121. The van der Waals surface area contributed by atoms with Gasteiger partial charge in [-0.05, 0) is 12.8 Å². The van der Waals surface area contributed by atoms with Crippen LogP contribution in [0.15, 0.2) is 0 Å². The van der Waals surface area contributed by atoms with Crippen LogP contribution >= 0.6 is 0 Å². The summed E-state index contributed by atoms with van der Waals surface area (Å²) in [7, 11) is 1.18. The van der Waals surface area contributed by atoms with E-state index in [2.05, 4.69) is 10.1 Å². The lowest BCUT2D eigenvalue weighted by atomic mass is 9.96. The fourth-order valence-electron chi connectivity index (χ4n) is 1.62. The van der Waals surface area contributed by atoms with Crippen molar-refractivity contribution < 1.29 is 19.4 Å². The van der Waals surface area contributed by atoms with E-state index in [1.54, 1.807) is 0 Å². The lowest BCUT2D eigenvalue weighted by Gasteiger charge is -2.18. The molecule has 1 rings (SSSR count). The molecule has 0 spiro atoms. The van der Waals surface area contributed by atoms with Crippen LogP contribution in [-0.4, -0.2) is 42.8 Å². The highest BCUT2D eigenvalue weighted by atomic mass is 16.5. The molecule has 0 radical (unpaired) electrons. The van der Waals surface area contributed by atoms with Crippen LogP contribution < -0.4 is 11.1 Å². The molecule has 1 saturated heterocycles. The van der Waals surface area contributed by atoms with Crippen LogP contribution in [0.5, 0.6) is 0 Å². The number of nitrogens with one attached hydrogen (secondary N) is 1. The number of aliphatic hydroxyl groups is 1. The average Bonchev–Trinajstić information content (AvgIpc) is 2.75. The molecule has 1 aliphatic heterocycles. The van der Waals surface area contributed by atoms with Gasteiger partial charge in [-0.25, -0.2) is 4.79 Å². The van der Waals surface area contributed by atoms with Crippen LogP contribution in [0.3, 0.4) is 0 Å². The Hall–Kier alpha value is -1.14. The summed E-state index contributed by atoms with van der Waals surface area (Å²) in [4.78, 5) is 22.2. The van der Waals surface area contributed by atoms with Crippen LogP contribution in [0.2, 0.25) is 0 Å². The molecule has 1 fully saturated rings. The highest BCUT2D eigenvalue weighted by molar-refractivity contribution is 5.81. The van der Waals surface area contributed by atoms with E-state index in [1.165, 1.54) is 7.11 Å². The normalized spacial score (nSPS) is 21.9. The Labute approximate surface area is 102 Å². The highest BCUT2D eigenvalue weighted by Gasteiger charge is 2.31. The second-order valence-electron chi connectivity index (χ2n) is 3.64. The third-order valence-corrected chi connectivity index (χ3v) is 2.57. The molecule has 0 aliphatic carbocycles. The Morgan fingerprint density at radius 1 is 1.65 bits per heavy atom. The summed E-state index contributed by atoms with van der Waals surface area (Å²) < 4.78 is 4.35. The summed E-state index contributed by atoms with van der Waals surface area (Å²) in [6.07, 6.45) is -0.369. The smallest absolute Gasteiger partial charge is 0.336 e. The van der Waals surface area contributed by atoms with Gasteiger partial charge in [-0.3, -0.25) is 4.79 Å². The number of nitrogens with two attached hydrogens (primary N) is 1. The molecule has 1 heterocycles. The molecule has 3 atom stereocenters. The van der Waals surface area contributed by atoms with Crippen LogP contribution in [0, 0.1) is 5.92 Å². The molecule has 0 bridgehead atoms. The maximum absolute atomic E-state index is 11.2. The van der Waals surface area contributed by atoms with Gasteiger partial charge in [-0.1, -0.05) is 13.8 Å². The highest BCUT2D eigenvalue weighted by Crippen LogP contribution is 2.16. The van der Waals surface area contributed by atoms with Gasteiger partial charge in [0.25, 0.3) is 0 Å². The number of ether oxygens (including phenoxy) is 1. The second-order valence-corrected chi connectivity index (χ2v) is 3.64. The van der Waals surface area contributed by atoms with Crippen molar-refractivity contribution in [2.24, 2.45) is 11.7 Å². The van der Waals surface area contributed by atoms with E-state index < -0.39 is 18.1 Å². The summed E-state index contributed by atoms with van der Waals surface area (Å²) >= 11 is 0. The van der Waals surface area contributed by atoms with Gasteiger partial charge >= 0.3 is 5.97 Å². The largest absolute Gasteiger partial charge is 0.467 e. The number of aliphatic hydroxyl groups excluding tert-OH is 1. The number of amides is 1. The van der Waals surface area contributed by atoms with E-state index >= 15 is 0 Å². The first kappa shape index (κ1) is 15.9. The van der Waals surface area contributed by atoms with Gasteiger partial charge < -0.3 is 20.9 Å². The monoisotopic (exact) mass is 246 g/mol. The van der Waals surface area contributed by atoms with E-state index in [0.29, 0.717) is 19.4 Å². The van der Waals surface area contributed by atoms with E-state index in [-0.39, 0.29) is 11.8 Å². The zero-order valence-corrected chi connectivity index (χ0v) is 10.6. The van der Waals surface area contributed by atoms with Crippen molar-refractivity contribution in [3.63, 3.8) is 0 Å². The standard InChI is InChI=1S/C9H16N2O4.C2H6/c1-15-9(14)7(12)6(10)4-5-2-3-11-8(5)13;1-2/h5-7,12H,2-4,10H2,1H3,(H,11,13);1-2H3. The summed E-state index contributed by atoms with van der Waals surface area (Å²) in [5.74, 6) is -1.04. The number of carbonyl (C=O) groups is 2. The van der Waals surface area contributed by atoms with Gasteiger partial charge in [-0.2, -0.15) is 0 Å². The molecule has 0 saturated carbocycles. The number of rotatable bonds is 4. The minimum atomic E-state index is -1.36. The lowest BCUT2D eigenvalue weighted by Crippen LogP contribution is -2.43. The first-order valence-corrected chi connectivity index (χ1v) is 5.85. The number of hydrogen-bond donors (Lipinski definition) is 3. The molecule has 6 heteroatoms. The molecule has 1 amide bonds. The van der Waals surface area contributed by atoms with Crippen LogP contribution in [-0.2, 0) is 14.3 Å². The quantitative estimate of drug-likeness (QED) is 0.575. The summed E-state index contributed by atoms with van der Waals surface area (Å²) in [5.41, 5.74) is 5.60. The number of methoxy groups -OCH3 is 1. The fraction of sp³-hybridized carbons (Fsp3) is 0.818. The lowest BCUT2D eigenvalue weighted by molar-refractivity contribution is -0.151. The van der Waals surface area contributed by atoms with Crippen molar-refractivity contribution in [1.29, 1.82) is 0 Å². The molecule has 17 heavy (non-hydrogen) atoms. The van der Waals surface area contributed by atoms with Gasteiger partial charge in [-0.15, -0.1) is 0 Å². The summed E-state index contributed by atoms with van der Waals surface area (Å²) in [6.45, 7) is 4.63. The van der Waals surface area contributed by atoms with Gasteiger partial charge in [0, 0.05) is 18.5 Å². The molecular weight excluding hydrogens is 224 g/mol. The fourth-order valence-corrected chi connectivity index (χ4v) is 1.62. The third kappa shape index (κ3) is 4.70. The zero-order valence-electron chi connectivity index (χ0n) is 10.6. The van der Waals surface area contributed by atoms with Crippen molar-refractivity contribution in [2.75, 3.05) is 13.7 Å². The average molecular weight is 246 g/mol. The van der Waals surface area contributed by atoms with E-state index in [9.17, 15) is 14.7 Å². The molecule has 100 valence electrons. The molecule has 4 N–H and O–H groups in total. The molecule has 0 aromatic rings. The molecule has 3 unspecified atom stereocenters. The van der Waals surface area contributed by atoms with E-state index in [4.69, 9.17) is 5.73 Å². The summed E-state index contributed by atoms with van der Waals surface area (Å²) in [6, 6.07) is -0.758. The minimum Gasteiger partial charge on any atom is -0.467 e. The third-order valence-electron chi connectivity index (χ3n) is 2.57. The first-order valence-electron chi connectivity index (χ1n) is 5.85. The van der Waals surface area contributed by atoms with Gasteiger partial charge in [0.05, 0.1) is 7.11 Å². The van der Waals surface area contributed by atoms with E-state index in [1.807, 2.05) is 13.8 Å². The van der Waals surface area contributed by atoms with Gasteiger partial charge in [0.15, 0.2) is 6.10 Å². The maximum atomic E-state index is 11.2. The van der Waals surface area contributed by atoms with E-state index in [0.717, 1.165) is 0 Å². The van der Waals surface area contributed by atoms with Crippen LogP contribution in [0.1, 0.15) is 26.7 Å². The number of esters is 1. The molecule has 0 aromatic heterocycles. The second kappa shape index (κ2) is 8.03.